The highest BCUT2D eigenvalue weighted by Crippen LogP contribution is 2.19. The number of methoxy groups -OCH3 is 1. The lowest BCUT2D eigenvalue weighted by Gasteiger charge is -2.31. The second-order valence-corrected chi connectivity index (χ2v) is 9.39. The third-order valence-corrected chi connectivity index (χ3v) is 6.57. The highest BCUT2D eigenvalue weighted by atomic mass is 16.5. The van der Waals surface area contributed by atoms with E-state index in [4.69, 9.17) is 9.47 Å². The molecular weight excluding hydrogens is 500 g/mol. The largest absolute Gasteiger partial charge is 0.497 e. The van der Waals surface area contributed by atoms with E-state index in [1.807, 2.05) is 31.2 Å². The van der Waals surface area contributed by atoms with Gasteiger partial charge in [0.25, 0.3) is 0 Å². The molecule has 2 aromatic rings. The Kier molecular flexibility index (Phi) is 11.6. The summed E-state index contributed by atoms with van der Waals surface area (Å²) in [6.07, 6.45) is 3.00. The summed E-state index contributed by atoms with van der Waals surface area (Å²) in [5.74, 6) is 0.0142. The number of para-hydroxylation sites is 1. The van der Waals surface area contributed by atoms with E-state index in [9.17, 15) is 19.2 Å². The third kappa shape index (κ3) is 9.31. The molecule has 3 rings (SSSR count). The Morgan fingerprint density at radius 1 is 1.00 bits per heavy atom. The summed E-state index contributed by atoms with van der Waals surface area (Å²) in [6.45, 7) is 3.89. The average Bonchev–Trinajstić information content (AvgIpc) is 2.96. The summed E-state index contributed by atoms with van der Waals surface area (Å²) in [5, 5.41) is 8.29. The smallest absolute Gasteiger partial charge is 0.340 e. The van der Waals surface area contributed by atoms with Gasteiger partial charge in [-0.1, -0.05) is 37.6 Å². The second kappa shape index (κ2) is 15.4. The average molecular weight is 539 g/mol. The summed E-state index contributed by atoms with van der Waals surface area (Å²) in [4.78, 5) is 51.7. The van der Waals surface area contributed by atoms with Crippen LogP contribution in [-0.2, 0) is 20.9 Å². The third-order valence-electron chi connectivity index (χ3n) is 6.57. The van der Waals surface area contributed by atoms with Crippen molar-refractivity contribution in [3.05, 3.63) is 59.7 Å². The number of benzene rings is 2. The fourth-order valence-electron chi connectivity index (χ4n) is 4.27. The number of esters is 1. The number of unbranched alkanes of at least 4 members (excludes halogenated alkanes) is 1. The maximum absolute atomic E-state index is 12.6. The molecule has 0 atom stereocenters. The molecule has 210 valence electrons. The van der Waals surface area contributed by atoms with Crippen molar-refractivity contribution in [2.75, 3.05) is 38.7 Å². The number of nitrogens with zero attached hydrogens (tertiary/aromatic N) is 1. The van der Waals surface area contributed by atoms with Gasteiger partial charge < -0.3 is 30.3 Å². The van der Waals surface area contributed by atoms with E-state index >= 15 is 0 Å². The molecule has 10 nitrogen and oxygen atoms in total. The fraction of sp³-hybridized carbons (Fsp3) is 0.448. The summed E-state index contributed by atoms with van der Waals surface area (Å²) in [7, 11) is 1.60. The van der Waals surface area contributed by atoms with Gasteiger partial charge in [-0.2, -0.15) is 0 Å². The van der Waals surface area contributed by atoms with Crippen LogP contribution in [0.1, 0.15) is 54.9 Å². The molecule has 0 aromatic heterocycles. The van der Waals surface area contributed by atoms with Gasteiger partial charge in [-0.05, 0) is 49.1 Å². The molecule has 1 heterocycles. The predicted octanol–water partition coefficient (Wildman–Crippen LogP) is 3.72. The first-order chi connectivity index (χ1) is 18.9. The molecule has 3 N–H and O–H groups in total. The van der Waals surface area contributed by atoms with E-state index in [2.05, 4.69) is 16.0 Å². The number of anilines is 1. The molecule has 4 amide bonds. The van der Waals surface area contributed by atoms with Crippen LogP contribution in [0.3, 0.4) is 0 Å². The Bertz CT molecular complexity index is 1130. The van der Waals surface area contributed by atoms with Gasteiger partial charge in [0.1, 0.15) is 5.75 Å². The van der Waals surface area contributed by atoms with Crippen LogP contribution >= 0.6 is 0 Å². The van der Waals surface area contributed by atoms with Crippen molar-refractivity contribution in [2.24, 2.45) is 5.92 Å². The molecule has 0 radical (unpaired) electrons. The van der Waals surface area contributed by atoms with E-state index in [0.717, 1.165) is 24.2 Å². The quantitative estimate of drug-likeness (QED) is 0.279. The molecule has 0 unspecified atom stereocenters. The van der Waals surface area contributed by atoms with Gasteiger partial charge in [-0.25, -0.2) is 9.59 Å². The number of carbonyl (C=O) groups is 4. The van der Waals surface area contributed by atoms with Crippen molar-refractivity contribution >= 4 is 29.5 Å². The van der Waals surface area contributed by atoms with Gasteiger partial charge in [0.15, 0.2) is 0 Å². The minimum Gasteiger partial charge on any atom is -0.497 e. The molecule has 1 saturated heterocycles. The lowest BCUT2D eigenvalue weighted by molar-refractivity contribution is -0.135. The van der Waals surface area contributed by atoms with Gasteiger partial charge >= 0.3 is 12.0 Å². The van der Waals surface area contributed by atoms with Gasteiger partial charge in [-0.3, -0.25) is 9.59 Å². The molecule has 1 aliphatic heterocycles. The van der Waals surface area contributed by atoms with Crippen LogP contribution in [0.5, 0.6) is 5.75 Å². The van der Waals surface area contributed by atoms with E-state index in [1.165, 1.54) is 0 Å². The highest BCUT2D eigenvalue weighted by Gasteiger charge is 2.27. The first kappa shape index (κ1) is 29.5. The first-order valence-electron chi connectivity index (χ1n) is 13.4. The van der Waals surface area contributed by atoms with Crippen molar-refractivity contribution in [2.45, 2.75) is 45.6 Å². The van der Waals surface area contributed by atoms with E-state index in [-0.39, 0.29) is 36.3 Å². The lowest BCUT2D eigenvalue weighted by Crippen LogP contribution is -2.43. The zero-order valence-electron chi connectivity index (χ0n) is 22.7. The molecule has 0 aliphatic carbocycles. The van der Waals surface area contributed by atoms with E-state index in [0.29, 0.717) is 44.8 Å². The number of urea groups is 1. The Morgan fingerprint density at radius 2 is 1.77 bits per heavy atom. The fourth-order valence-corrected chi connectivity index (χ4v) is 4.27. The lowest BCUT2D eigenvalue weighted by atomic mass is 9.95. The molecule has 0 spiro atoms. The molecule has 0 bridgehead atoms. The number of piperidine rings is 1. The zero-order chi connectivity index (χ0) is 28.0. The van der Waals surface area contributed by atoms with Crippen LogP contribution in [0.15, 0.2) is 48.5 Å². The highest BCUT2D eigenvalue weighted by molar-refractivity contribution is 6.00. The second-order valence-electron chi connectivity index (χ2n) is 9.39. The van der Waals surface area contributed by atoms with Crippen molar-refractivity contribution in [1.82, 2.24) is 15.5 Å². The summed E-state index contributed by atoms with van der Waals surface area (Å²) in [5.41, 5.74) is 1.58. The zero-order valence-corrected chi connectivity index (χ0v) is 22.7. The van der Waals surface area contributed by atoms with Gasteiger partial charge in [-0.15, -0.1) is 0 Å². The topological polar surface area (TPSA) is 126 Å². The number of nitrogens with one attached hydrogen (secondary N) is 3. The number of hydrogen-bond donors (Lipinski definition) is 3. The number of carbonyl (C=O) groups excluding carboxylic acids is 4. The minimum absolute atomic E-state index is 0.0159. The molecule has 10 heteroatoms. The Morgan fingerprint density at radius 3 is 2.51 bits per heavy atom. The van der Waals surface area contributed by atoms with Crippen molar-refractivity contribution in [3.8, 4) is 5.75 Å². The summed E-state index contributed by atoms with van der Waals surface area (Å²) < 4.78 is 10.5. The summed E-state index contributed by atoms with van der Waals surface area (Å²) in [6, 6.07) is 13.7. The SMILES string of the molecule is CCCCOC(=O)c1ccccc1NC(=O)NCCC(=O)N1CCC(C(=O)NCc2cccc(OC)c2)CC1. The van der Waals surface area contributed by atoms with Crippen LogP contribution in [-0.4, -0.2) is 62.1 Å². The Labute approximate surface area is 229 Å². The van der Waals surface area contributed by atoms with Crippen LogP contribution in [0.4, 0.5) is 10.5 Å². The van der Waals surface area contributed by atoms with Crippen molar-refractivity contribution in [1.29, 1.82) is 0 Å². The van der Waals surface area contributed by atoms with Gasteiger partial charge in [0.2, 0.25) is 11.8 Å². The molecule has 1 fully saturated rings. The van der Waals surface area contributed by atoms with Crippen LogP contribution < -0.4 is 20.7 Å². The Balaban J connectivity index is 1.36. The molecule has 1 aliphatic rings. The number of amides is 4. The number of rotatable bonds is 12. The van der Waals surface area contributed by atoms with Crippen LogP contribution in [0, 0.1) is 5.92 Å². The van der Waals surface area contributed by atoms with Crippen LogP contribution in [0.2, 0.25) is 0 Å². The standard InChI is InChI=1S/C29H38N4O6/c1-3-4-18-39-28(36)24-10-5-6-11-25(24)32-29(37)30-15-12-26(34)33-16-13-22(14-17-33)27(35)31-20-21-8-7-9-23(19-21)38-2/h5-11,19,22H,3-4,12-18,20H2,1-2H3,(H,31,35)(H2,30,32,37). The molecule has 2 aromatic carbocycles. The first-order valence-corrected chi connectivity index (χ1v) is 13.4. The van der Waals surface area contributed by atoms with Gasteiger partial charge in [0.05, 0.1) is 25.0 Å². The summed E-state index contributed by atoms with van der Waals surface area (Å²) >= 11 is 0. The van der Waals surface area contributed by atoms with Crippen LogP contribution in [0.25, 0.3) is 0 Å². The maximum atomic E-state index is 12.6. The van der Waals surface area contributed by atoms with E-state index < -0.39 is 12.0 Å². The van der Waals surface area contributed by atoms with Crippen molar-refractivity contribution < 1.29 is 28.7 Å². The minimum atomic E-state index is -0.511. The number of ether oxygens (including phenoxy) is 2. The monoisotopic (exact) mass is 538 g/mol. The maximum Gasteiger partial charge on any atom is 0.340 e. The predicted molar refractivity (Wildman–Crippen MR) is 147 cm³/mol. The Hall–Kier alpha value is -4.08. The molecule has 0 saturated carbocycles. The normalized spacial score (nSPS) is 13.3. The molecule has 39 heavy (non-hydrogen) atoms. The van der Waals surface area contributed by atoms with Crippen molar-refractivity contribution in [3.63, 3.8) is 0 Å². The van der Waals surface area contributed by atoms with Gasteiger partial charge in [0, 0.05) is 38.5 Å². The molecular formula is C29H38N4O6. The number of likely N-dealkylation sites (tertiary alicyclic amines) is 1. The number of hydrogen-bond acceptors (Lipinski definition) is 6. The van der Waals surface area contributed by atoms with E-state index in [1.54, 1.807) is 36.3 Å².